The number of imide groups is 1. The number of nitrogens with zero attached hydrogens (tertiary/aromatic N) is 3. The molecule has 0 bridgehead atoms. The number of halogens is 3. The number of hydrogen-bond acceptors (Lipinski definition) is 3. The minimum absolute atomic E-state index is 0.0482. The molecule has 2 fully saturated rings. The SMILES string of the molecule is O=C1CN(C2CCN(Cc3cccc(C(F)(F)F)c3)CC2)C(=O)N1c1ccccc1. The molecule has 158 valence electrons. The predicted molar refractivity (Wildman–Crippen MR) is 106 cm³/mol. The largest absolute Gasteiger partial charge is 0.416 e. The third kappa shape index (κ3) is 4.18. The van der Waals surface area contributed by atoms with Crippen molar-refractivity contribution in [2.75, 3.05) is 24.5 Å². The molecule has 30 heavy (non-hydrogen) atoms. The number of rotatable bonds is 4. The van der Waals surface area contributed by atoms with Crippen molar-refractivity contribution < 1.29 is 22.8 Å². The lowest BCUT2D eigenvalue weighted by Crippen LogP contribution is -2.46. The number of piperidine rings is 1. The van der Waals surface area contributed by atoms with Crippen LogP contribution in [-0.2, 0) is 17.5 Å². The van der Waals surface area contributed by atoms with E-state index in [-0.39, 0.29) is 24.5 Å². The van der Waals surface area contributed by atoms with Crippen LogP contribution in [0.4, 0.5) is 23.7 Å². The van der Waals surface area contributed by atoms with E-state index in [4.69, 9.17) is 0 Å². The van der Waals surface area contributed by atoms with Gasteiger partial charge in [0.25, 0.3) is 5.91 Å². The Balaban J connectivity index is 1.36. The first-order valence-electron chi connectivity index (χ1n) is 9.90. The van der Waals surface area contributed by atoms with Gasteiger partial charge in [0.2, 0.25) is 0 Å². The van der Waals surface area contributed by atoms with Crippen LogP contribution in [0.5, 0.6) is 0 Å². The van der Waals surface area contributed by atoms with Crippen molar-refractivity contribution in [2.45, 2.75) is 31.6 Å². The van der Waals surface area contributed by atoms with E-state index in [1.807, 2.05) is 6.07 Å². The van der Waals surface area contributed by atoms with E-state index in [0.717, 1.165) is 6.07 Å². The molecule has 2 saturated heterocycles. The van der Waals surface area contributed by atoms with E-state index in [9.17, 15) is 22.8 Å². The summed E-state index contributed by atoms with van der Waals surface area (Å²) in [5, 5.41) is 0. The maximum Gasteiger partial charge on any atom is 0.416 e. The molecule has 2 aliphatic heterocycles. The molecule has 0 saturated carbocycles. The van der Waals surface area contributed by atoms with Gasteiger partial charge >= 0.3 is 12.2 Å². The van der Waals surface area contributed by atoms with Crippen molar-refractivity contribution in [3.63, 3.8) is 0 Å². The molecule has 0 unspecified atom stereocenters. The van der Waals surface area contributed by atoms with Crippen LogP contribution in [0.25, 0.3) is 0 Å². The van der Waals surface area contributed by atoms with Gasteiger partial charge in [-0.05, 0) is 36.6 Å². The lowest BCUT2D eigenvalue weighted by molar-refractivity contribution is -0.137. The van der Waals surface area contributed by atoms with Gasteiger partial charge in [-0.3, -0.25) is 9.69 Å². The fourth-order valence-electron chi connectivity index (χ4n) is 4.13. The molecule has 0 aliphatic carbocycles. The molecule has 0 N–H and O–H groups in total. The van der Waals surface area contributed by atoms with E-state index in [1.54, 1.807) is 35.2 Å². The average molecular weight is 417 g/mol. The molecule has 5 nitrogen and oxygen atoms in total. The topological polar surface area (TPSA) is 43.9 Å². The number of alkyl halides is 3. The minimum atomic E-state index is -4.35. The molecule has 0 aromatic heterocycles. The molecule has 3 amide bonds. The second-order valence-electron chi connectivity index (χ2n) is 7.68. The number of amides is 3. The third-order valence-electron chi connectivity index (χ3n) is 5.66. The summed E-state index contributed by atoms with van der Waals surface area (Å²) in [4.78, 5) is 30.2. The van der Waals surface area contributed by atoms with Crippen molar-refractivity contribution in [3.05, 3.63) is 65.7 Å². The highest BCUT2D eigenvalue weighted by molar-refractivity contribution is 6.19. The van der Waals surface area contributed by atoms with Crippen LogP contribution in [0.1, 0.15) is 24.0 Å². The number of urea groups is 1. The van der Waals surface area contributed by atoms with Gasteiger partial charge in [-0.1, -0.05) is 36.4 Å². The first kappa shape index (κ1) is 20.4. The van der Waals surface area contributed by atoms with Crippen LogP contribution < -0.4 is 4.90 Å². The van der Waals surface area contributed by atoms with Crippen LogP contribution in [-0.4, -0.2) is 47.4 Å². The molecule has 2 aromatic carbocycles. The maximum atomic E-state index is 12.9. The summed E-state index contributed by atoms with van der Waals surface area (Å²) in [6.45, 7) is 1.81. The standard InChI is InChI=1S/C22H22F3N3O2/c23-22(24,25)17-6-4-5-16(13-17)14-26-11-9-18(10-12-26)27-15-20(29)28(21(27)30)19-7-2-1-3-8-19/h1-8,13,18H,9-12,14-15H2. The quantitative estimate of drug-likeness (QED) is 0.703. The van der Waals surface area contributed by atoms with Gasteiger partial charge < -0.3 is 4.90 Å². The van der Waals surface area contributed by atoms with Crippen LogP contribution in [0.3, 0.4) is 0 Å². The highest BCUT2D eigenvalue weighted by Gasteiger charge is 2.41. The molecule has 0 spiro atoms. The Morgan fingerprint density at radius 1 is 0.933 bits per heavy atom. The number of para-hydroxylation sites is 1. The normalized spacial score (nSPS) is 19.0. The van der Waals surface area contributed by atoms with Crippen LogP contribution in [0.2, 0.25) is 0 Å². The fourth-order valence-corrected chi connectivity index (χ4v) is 4.13. The number of benzene rings is 2. The minimum Gasteiger partial charge on any atom is -0.312 e. The molecule has 2 aromatic rings. The van der Waals surface area contributed by atoms with Crippen LogP contribution >= 0.6 is 0 Å². The van der Waals surface area contributed by atoms with E-state index >= 15 is 0 Å². The van der Waals surface area contributed by atoms with Gasteiger partial charge in [-0.2, -0.15) is 13.2 Å². The Bertz CT molecular complexity index is 925. The van der Waals surface area contributed by atoms with Crippen molar-refractivity contribution >= 4 is 17.6 Å². The maximum absolute atomic E-state index is 12.9. The zero-order valence-corrected chi connectivity index (χ0v) is 16.3. The smallest absolute Gasteiger partial charge is 0.312 e. The summed E-state index contributed by atoms with van der Waals surface area (Å²) >= 11 is 0. The Labute approximate surface area is 172 Å². The first-order chi connectivity index (χ1) is 14.3. The molecule has 4 rings (SSSR count). The predicted octanol–water partition coefficient (Wildman–Crippen LogP) is 4.14. The van der Waals surface area contributed by atoms with E-state index in [2.05, 4.69) is 4.90 Å². The molecule has 0 atom stereocenters. The number of carbonyl (C=O) groups is 2. The molecular formula is C22H22F3N3O2. The molecule has 8 heteroatoms. The molecular weight excluding hydrogens is 395 g/mol. The lowest BCUT2D eigenvalue weighted by atomic mass is 10.0. The average Bonchev–Trinajstić information content (AvgIpc) is 3.03. The van der Waals surface area contributed by atoms with Crippen molar-refractivity contribution in [2.24, 2.45) is 0 Å². The van der Waals surface area contributed by atoms with Gasteiger partial charge in [0, 0.05) is 25.7 Å². The number of anilines is 1. The fraction of sp³-hybridized carbons (Fsp3) is 0.364. The first-order valence-corrected chi connectivity index (χ1v) is 9.90. The molecule has 0 radical (unpaired) electrons. The summed E-state index contributed by atoms with van der Waals surface area (Å²) in [6, 6.07) is 13.9. The summed E-state index contributed by atoms with van der Waals surface area (Å²) in [5.74, 6) is -0.238. The van der Waals surface area contributed by atoms with Gasteiger partial charge in [-0.15, -0.1) is 0 Å². The van der Waals surface area contributed by atoms with E-state index in [1.165, 1.54) is 17.0 Å². The number of carbonyl (C=O) groups excluding carboxylic acids is 2. The zero-order chi connectivity index (χ0) is 21.3. The Morgan fingerprint density at radius 3 is 2.30 bits per heavy atom. The molecule has 2 heterocycles. The zero-order valence-electron chi connectivity index (χ0n) is 16.3. The van der Waals surface area contributed by atoms with Crippen molar-refractivity contribution in [3.8, 4) is 0 Å². The highest BCUT2D eigenvalue weighted by Crippen LogP contribution is 2.30. The van der Waals surface area contributed by atoms with Crippen molar-refractivity contribution in [1.29, 1.82) is 0 Å². The van der Waals surface area contributed by atoms with Crippen LogP contribution in [0.15, 0.2) is 54.6 Å². The van der Waals surface area contributed by atoms with E-state index < -0.39 is 11.7 Å². The summed E-state index contributed by atoms with van der Waals surface area (Å²) in [5.41, 5.74) is 0.542. The summed E-state index contributed by atoms with van der Waals surface area (Å²) in [7, 11) is 0. The second kappa shape index (κ2) is 8.10. The van der Waals surface area contributed by atoms with Gasteiger partial charge in [0.15, 0.2) is 0 Å². The highest BCUT2D eigenvalue weighted by atomic mass is 19.4. The van der Waals surface area contributed by atoms with Crippen LogP contribution in [0, 0.1) is 0 Å². The van der Waals surface area contributed by atoms with E-state index in [0.29, 0.717) is 43.7 Å². The lowest BCUT2D eigenvalue weighted by Gasteiger charge is -2.36. The third-order valence-corrected chi connectivity index (χ3v) is 5.66. The Morgan fingerprint density at radius 2 is 1.63 bits per heavy atom. The van der Waals surface area contributed by atoms with Gasteiger partial charge in [0.1, 0.15) is 6.54 Å². The summed E-state index contributed by atoms with van der Waals surface area (Å²) in [6.07, 6.45) is -2.99. The monoisotopic (exact) mass is 417 g/mol. The Hall–Kier alpha value is -2.87. The number of likely N-dealkylation sites (tertiary alicyclic amines) is 1. The second-order valence-corrected chi connectivity index (χ2v) is 7.68. The summed E-state index contributed by atoms with van der Waals surface area (Å²) < 4.78 is 38.7. The van der Waals surface area contributed by atoms with Gasteiger partial charge in [-0.25, -0.2) is 9.69 Å². The Kier molecular flexibility index (Phi) is 5.51. The number of hydrogen-bond donors (Lipinski definition) is 0. The molecule has 2 aliphatic rings. The van der Waals surface area contributed by atoms with Gasteiger partial charge in [0.05, 0.1) is 11.3 Å². The van der Waals surface area contributed by atoms with Crippen molar-refractivity contribution in [1.82, 2.24) is 9.80 Å².